The zero-order valence-corrected chi connectivity index (χ0v) is 16.5. The normalized spacial score (nSPS) is 20.0. The highest BCUT2D eigenvalue weighted by molar-refractivity contribution is 6.35. The summed E-state index contributed by atoms with van der Waals surface area (Å²) in [5.41, 5.74) is 3.21. The van der Waals surface area contributed by atoms with Crippen molar-refractivity contribution in [3.63, 3.8) is 0 Å². The highest BCUT2D eigenvalue weighted by Crippen LogP contribution is 2.50. The van der Waals surface area contributed by atoms with Crippen molar-refractivity contribution >= 4 is 28.9 Å². The summed E-state index contributed by atoms with van der Waals surface area (Å²) in [6.45, 7) is 0. The molecule has 3 aromatic carbocycles. The van der Waals surface area contributed by atoms with Gasteiger partial charge < -0.3 is 4.74 Å². The SMILES string of the molecule is Fc1ccc(C2=NN3[C@@H](C2)c2cc(Cl)cc(Cl)c2O[C@H]3c2ccc(F)cc2)cc1. The monoisotopic (exact) mass is 430 g/mol. The van der Waals surface area contributed by atoms with Gasteiger partial charge in [0.1, 0.15) is 17.4 Å². The van der Waals surface area contributed by atoms with Crippen LogP contribution in [0.3, 0.4) is 0 Å². The third-order valence-electron chi connectivity index (χ3n) is 5.14. The highest BCUT2D eigenvalue weighted by Gasteiger charge is 2.42. The van der Waals surface area contributed by atoms with Crippen molar-refractivity contribution < 1.29 is 13.5 Å². The number of halogens is 4. The Morgan fingerprint density at radius 2 is 1.59 bits per heavy atom. The highest BCUT2D eigenvalue weighted by atomic mass is 35.5. The molecule has 0 radical (unpaired) electrons. The lowest BCUT2D eigenvalue weighted by molar-refractivity contribution is -0.0189. The Morgan fingerprint density at radius 3 is 2.28 bits per heavy atom. The van der Waals surface area contributed by atoms with E-state index in [-0.39, 0.29) is 17.7 Å². The van der Waals surface area contributed by atoms with Crippen molar-refractivity contribution in [2.45, 2.75) is 18.7 Å². The fourth-order valence-corrected chi connectivity index (χ4v) is 4.33. The van der Waals surface area contributed by atoms with Gasteiger partial charge >= 0.3 is 0 Å². The molecule has 0 amide bonds. The summed E-state index contributed by atoms with van der Waals surface area (Å²) in [6, 6.07) is 15.6. The van der Waals surface area contributed by atoms with Gasteiger partial charge in [-0.1, -0.05) is 47.5 Å². The first-order chi connectivity index (χ1) is 14.0. The summed E-state index contributed by atoms with van der Waals surface area (Å²) < 4.78 is 33.0. The number of rotatable bonds is 2. The largest absolute Gasteiger partial charge is 0.463 e. The van der Waals surface area contributed by atoms with E-state index in [0.717, 1.165) is 22.4 Å². The van der Waals surface area contributed by atoms with Gasteiger partial charge in [-0.05, 0) is 42.0 Å². The average molecular weight is 431 g/mol. The molecular weight excluding hydrogens is 417 g/mol. The second-order valence-electron chi connectivity index (χ2n) is 6.98. The van der Waals surface area contributed by atoms with Gasteiger partial charge in [-0.25, -0.2) is 13.8 Å². The van der Waals surface area contributed by atoms with E-state index in [2.05, 4.69) is 0 Å². The number of hydrogen-bond acceptors (Lipinski definition) is 3. The minimum absolute atomic E-state index is 0.162. The first-order valence-electron chi connectivity index (χ1n) is 9.02. The van der Waals surface area contributed by atoms with Gasteiger partial charge in [-0.15, -0.1) is 0 Å². The van der Waals surface area contributed by atoms with Crippen LogP contribution >= 0.6 is 23.2 Å². The van der Waals surface area contributed by atoms with Crippen molar-refractivity contribution in [1.29, 1.82) is 0 Å². The summed E-state index contributed by atoms with van der Waals surface area (Å²) in [4.78, 5) is 0. The lowest BCUT2D eigenvalue weighted by Crippen LogP contribution is -2.33. The molecule has 0 aliphatic carbocycles. The van der Waals surface area contributed by atoms with Crippen LogP contribution in [0.1, 0.15) is 35.4 Å². The van der Waals surface area contributed by atoms with Crippen LogP contribution in [0.25, 0.3) is 0 Å². The maximum Gasteiger partial charge on any atom is 0.213 e. The number of ether oxygens (including phenoxy) is 1. The van der Waals surface area contributed by atoms with Crippen LogP contribution in [-0.4, -0.2) is 10.7 Å². The van der Waals surface area contributed by atoms with Crippen LogP contribution in [0.15, 0.2) is 65.8 Å². The second-order valence-corrected chi connectivity index (χ2v) is 7.82. The molecule has 29 heavy (non-hydrogen) atoms. The fraction of sp³-hybridized carbons (Fsp3) is 0.136. The molecule has 0 saturated heterocycles. The van der Waals surface area contributed by atoms with Crippen LogP contribution in [0.2, 0.25) is 10.0 Å². The first-order valence-corrected chi connectivity index (χ1v) is 9.78. The molecule has 5 rings (SSSR count). The second kappa shape index (κ2) is 7.01. The van der Waals surface area contributed by atoms with E-state index < -0.39 is 6.23 Å². The Kier molecular flexibility index (Phi) is 4.45. The molecule has 2 aliphatic rings. The molecule has 2 atom stereocenters. The Hall–Kier alpha value is -2.63. The van der Waals surface area contributed by atoms with E-state index in [1.807, 2.05) is 11.1 Å². The molecule has 146 valence electrons. The Bertz CT molecular complexity index is 1120. The summed E-state index contributed by atoms with van der Waals surface area (Å²) in [7, 11) is 0. The minimum Gasteiger partial charge on any atom is -0.463 e. The quantitative estimate of drug-likeness (QED) is 0.462. The summed E-state index contributed by atoms with van der Waals surface area (Å²) in [5, 5.41) is 7.52. The molecule has 0 spiro atoms. The number of hydrazone groups is 1. The topological polar surface area (TPSA) is 24.8 Å². The molecular formula is C22H14Cl2F2N2O. The van der Waals surface area contributed by atoms with Crippen molar-refractivity contribution in [2.24, 2.45) is 5.10 Å². The lowest BCUT2D eigenvalue weighted by atomic mass is 9.96. The molecule has 0 unspecified atom stereocenters. The molecule has 0 N–H and O–H groups in total. The molecule has 0 fully saturated rings. The molecule has 2 aliphatic heterocycles. The van der Waals surface area contributed by atoms with Crippen LogP contribution in [0.4, 0.5) is 8.78 Å². The van der Waals surface area contributed by atoms with Crippen LogP contribution in [-0.2, 0) is 0 Å². The third-order valence-corrected chi connectivity index (χ3v) is 5.64. The van der Waals surface area contributed by atoms with E-state index in [9.17, 15) is 8.78 Å². The van der Waals surface area contributed by atoms with Crippen LogP contribution in [0.5, 0.6) is 5.75 Å². The average Bonchev–Trinajstić information content (AvgIpc) is 3.14. The Morgan fingerprint density at radius 1 is 0.931 bits per heavy atom. The van der Waals surface area contributed by atoms with E-state index >= 15 is 0 Å². The molecule has 3 aromatic rings. The van der Waals surface area contributed by atoms with Gasteiger partial charge in [0.2, 0.25) is 6.23 Å². The number of hydrogen-bond donors (Lipinski definition) is 0. The van der Waals surface area contributed by atoms with E-state index in [1.54, 1.807) is 30.3 Å². The van der Waals surface area contributed by atoms with Crippen LogP contribution < -0.4 is 4.74 Å². The molecule has 2 heterocycles. The van der Waals surface area contributed by atoms with Gasteiger partial charge in [-0.2, -0.15) is 5.10 Å². The fourth-order valence-electron chi connectivity index (χ4n) is 3.78. The third kappa shape index (κ3) is 3.24. The van der Waals surface area contributed by atoms with Gasteiger partial charge in [0, 0.05) is 22.6 Å². The maximum absolute atomic E-state index is 13.4. The van der Waals surface area contributed by atoms with Crippen molar-refractivity contribution in [3.05, 3.63) is 99.0 Å². The van der Waals surface area contributed by atoms with Gasteiger partial charge in [0.05, 0.1) is 16.8 Å². The van der Waals surface area contributed by atoms with Gasteiger partial charge in [0.25, 0.3) is 0 Å². The van der Waals surface area contributed by atoms with Crippen molar-refractivity contribution in [2.75, 3.05) is 0 Å². The van der Waals surface area contributed by atoms with Gasteiger partial charge in [-0.3, -0.25) is 0 Å². The lowest BCUT2D eigenvalue weighted by Gasteiger charge is -2.38. The summed E-state index contributed by atoms with van der Waals surface area (Å²) >= 11 is 12.7. The molecule has 0 bridgehead atoms. The van der Waals surface area contributed by atoms with Crippen LogP contribution in [0, 0.1) is 11.6 Å². The zero-order valence-electron chi connectivity index (χ0n) is 14.9. The number of nitrogens with zero attached hydrogens (tertiary/aromatic N) is 2. The van der Waals surface area contributed by atoms with Gasteiger partial charge in [0.15, 0.2) is 0 Å². The van der Waals surface area contributed by atoms with E-state index in [1.165, 1.54) is 24.3 Å². The zero-order chi connectivity index (χ0) is 20.1. The summed E-state index contributed by atoms with van der Waals surface area (Å²) in [5.74, 6) is -0.0908. The number of fused-ring (bicyclic) bond motifs is 3. The molecule has 0 aromatic heterocycles. The van der Waals surface area contributed by atoms with E-state index in [4.69, 9.17) is 33.0 Å². The van der Waals surface area contributed by atoms with Crippen molar-refractivity contribution in [1.82, 2.24) is 5.01 Å². The number of benzene rings is 3. The Labute approximate surface area is 176 Å². The predicted octanol–water partition coefficient (Wildman–Crippen LogP) is 6.51. The molecule has 0 saturated carbocycles. The maximum atomic E-state index is 13.4. The smallest absolute Gasteiger partial charge is 0.213 e. The van der Waals surface area contributed by atoms with E-state index in [0.29, 0.717) is 22.2 Å². The molecule has 3 nitrogen and oxygen atoms in total. The molecule has 7 heteroatoms. The minimum atomic E-state index is -0.579. The Balaban J connectivity index is 1.62. The standard InChI is InChI=1S/C22H14Cl2F2N2O/c23-14-9-17-20-11-19(12-1-5-15(25)6-2-12)27-28(20)22(29-21(17)18(24)10-14)13-3-7-16(26)8-4-13/h1-10,20,22H,11H2/t20-,22-/m0/s1. The first kappa shape index (κ1) is 18.4. The predicted molar refractivity (Wildman–Crippen MR) is 108 cm³/mol. The van der Waals surface area contributed by atoms with Crippen molar-refractivity contribution in [3.8, 4) is 5.75 Å². The summed E-state index contributed by atoms with van der Waals surface area (Å²) in [6.07, 6.45) is 0.000761.